The van der Waals surface area contributed by atoms with Crippen molar-refractivity contribution in [3.63, 3.8) is 0 Å². The van der Waals surface area contributed by atoms with Gasteiger partial charge in [0.05, 0.1) is 36.3 Å². The molecule has 0 fully saturated rings. The Kier molecular flexibility index (Phi) is 8.78. The average Bonchev–Trinajstić information content (AvgIpc) is 3.34. The van der Waals surface area contributed by atoms with Crippen LogP contribution in [0, 0.1) is 13.8 Å². The van der Waals surface area contributed by atoms with Crippen LogP contribution >= 0.6 is 11.8 Å². The van der Waals surface area contributed by atoms with E-state index in [1.807, 2.05) is 32.0 Å². The van der Waals surface area contributed by atoms with Gasteiger partial charge in [-0.15, -0.1) is 10.2 Å². The quantitative estimate of drug-likeness (QED) is 0.256. The molecule has 0 aliphatic rings. The lowest BCUT2D eigenvalue weighted by Crippen LogP contribution is -2.24. The molecule has 2 amide bonds. The van der Waals surface area contributed by atoms with Crippen LogP contribution in [0.25, 0.3) is 5.69 Å². The van der Waals surface area contributed by atoms with Crippen molar-refractivity contribution in [3.8, 4) is 11.4 Å². The Labute approximate surface area is 233 Å². The van der Waals surface area contributed by atoms with Crippen LogP contribution in [0.5, 0.6) is 5.75 Å². The lowest BCUT2D eigenvalue weighted by atomic mass is 10.1. The van der Waals surface area contributed by atoms with Gasteiger partial charge in [-0.05, 0) is 67.4 Å². The summed E-state index contributed by atoms with van der Waals surface area (Å²) in [6, 6.07) is 17.1. The van der Waals surface area contributed by atoms with Gasteiger partial charge in [-0.25, -0.2) is 0 Å². The zero-order valence-electron chi connectivity index (χ0n) is 21.9. The number of thioether (sulfide) groups is 1. The number of benzene rings is 3. The van der Waals surface area contributed by atoms with Crippen molar-refractivity contribution >= 4 is 29.3 Å². The van der Waals surface area contributed by atoms with Crippen LogP contribution in [0.1, 0.15) is 32.9 Å². The van der Waals surface area contributed by atoms with E-state index in [1.54, 1.807) is 28.8 Å². The fraction of sp³-hybridized carbons (Fsp3) is 0.214. The van der Waals surface area contributed by atoms with Gasteiger partial charge in [-0.1, -0.05) is 36.0 Å². The minimum atomic E-state index is -4.61. The Morgan fingerprint density at radius 2 is 1.70 bits per heavy atom. The second kappa shape index (κ2) is 12.2. The number of nitrogens with one attached hydrogen (secondary N) is 2. The van der Waals surface area contributed by atoms with E-state index in [0.29, 0.717) is 22.3 Å². The van der Waals surface area contributed by atoms with Crippen molar-refractivity contribution in [2.45, 2.75) is 31.7 Å². The number of carbonyl (C=O) groups is 2. The number of ether oxygens (including phenoxy) is 1. The monoisotopic (exact) mass is 569 g/mol. The molecule has 0 radical (unpaired) electrons. The number of hydrogen-bond donors (Lipinski definition) is 2. The van der Waals surface area contributed by atoms with Crippen LogP contribution in [-0.2, 0) is 17.5 Å². The van der Waals surface area contributed by atoms with E-state index in [-0.39, 0.29) is 23.9 Å². The van der Waals surface area contributed by atoms with Crippen LogP contribution < -0.4 is 15.4 Å². The summed E-state index contributed by atoms with van der Waals surface area (Å²) < 4.78 is 46.8. The topological polar surface area (TPSA) is 98.1 Å². The molecular formula is C28H26F3N5O3S. The first-order chi connectivity index (χ1) is 19.1. The molecule has 0 bridgehead atoms. The molecule has 1 heterocycles. The van der Waals surface area contributed by atoms with E-state index < -0.39 is 17.6 Å². The largest absolute Gasteiger partial charge is 0.497 e. The molecule has 0 saturated carbocycles. The van der Waals surface area contributed by atoms with Crippen LogP contribution in [0.3, 0.4) is 0 Å². The smallest absolute Gasteiger partial charge is 0.418 e. The van der Waals surface area contributed by atoms with Gasteiger partial charge >= 0.3 is 6.18 Å². The number of hydrogen-bond acceptors (Lipinski definition) is 6. The molecule has 40 heavy (non-hydrogen) atoms. The molecule has 0 unspecified atom stereocenters. The molecule has 208 valence electrons. The molecule has 8 nitrogen and oxygen atoms in total. The zero-order chi connectivity index (χ0) is 28.9. The number of carbonyl (C=O) groups excluding carboxylic acids is 2. The maximum Gasteiger partial charge on any atom is 0.418 e. The van der Waals surface area contributed by atoms with Gasteiger partial charge in [0.2, 0.25) is 5.91 Å². The maximum absolute atomic E-state index is 13.3. The number of para-hydroxylation sites is 1. The summed E-state index contributed by atoms with van der Waals surface area (Å²) in [6.45, 7) is 3.92. The highest BCUT2D eigenvalue weighted by atomic mass is 32.2. The van der Waals surface area contributed by atoms with Crippen LogP contribution in [0.15, 0.2) is 71.9 Å². The van der Waals surface area contributed by atoms with Crippen molar-refractivity contribution < 1.29 is 27.5 Å². The molecule has 3 aromatic carbocycles. The van der Waals surface area contributed by atoms with E-state index in [0.717, 1.165) is 34.6 Å². The lowest BCUT2D eigenvalue weighted by molar-refractivity contribution is -0.137. The number of amides is 2. The highest BCUT2D eigenvalue weighted by Crippen LogP contribution is 2.35. The standard InChI is InChI=1S/C28H26F3N5O3S/c1-17-7-6-10-23(18(17)2)36-24(15-32-26(38)19-11-13-20(39-3)14-12-19)34-35-27(36)40-16-25(37)33-22-9-5-4-8-21(22)28(29,30)31/h4-14H,15-16H2,1-3H3,(H,32,38)(H,33,37). The molecular weight excluding hydrogens is 543 g/mol. The van der Waals surface area contributed by atoms with E-state index in [1.165, 1.54) is 25.3 Å². The molecule has 4 rings (SSSR count). The Morgan fingerprint density at radius 3 is 2.40 bits per heavy atom. The predicted molar refractivity (Wildman–Crippen MR) is 146 cm³/mol. The molecule has 1 aromatic heterocycles. The number of aromatic nitrogens is 3. The second-order valence-corrected chi connectivity index (χ2v) is 9.69. The highest BCUT2D eigenvalue weighted by Gasteiger charge is 2.33. The Hall–Kier alpha value is -4.32. The van der Waals surface area contributed by atoms with Gasteiger partial charge in [0, 0.05) is 5.56 Å². The fourth-order valence-corrected chi connectivity index (χ4v) is 4.65. The third kappa shape index (κ3) is 6.63. The highest BCUT2D eigenvalue weighted by molar-refractivity contribution is 7.99. The third-order valence-electron chi connectivity index (χ3n) is 6.12. The van der Waals surface area contributed by atoms with Gasteiger partial charge in [-0.2, -0.15) is 13.2 Å². The summed E-state index contributed by atoms with van der Waals surface area (Å²) in [7, 11) is 1.54. The zero-order valence-corrected chi connectivity index (χ0v) is 22.7. The SMILES string of the molecule is COc1ccc(C(=O)NCc2nnc(SCC(=O)Nc3ccccc3C(F)(F)F)n2-c2cccc(C)c2C)cc1. The summed E-state index contributed by atoms with van der Waals surface area (Å²) in [4.78, 5) is 25.4. The minimum Gasteiger partial charge on any atom is -0.497 e. The van der Waals surface area contributed by atoms with Gasteiger partial charge in [-0.3, -0.25) is 14.2 Å². The lowest BCUT2D eigenvalue weighted by Gasteiger charge is -2.15. The summed E-state index contributed by atoms with van der Waals surface area (Å²) in [6.07, 6.45) is -4.61. The first kappa shape index (κ1) is 28.7. The molecule has 0 saturated heterocycles. The van der Waals surface area contributed by atoms with Crippen molar-refractivity contribution in [3.05, 3.63) is 94.8 Å². The van der Waals surface area contributed by atoms with E-state index in [4.69, 9.17) is 4.74 Å². The van der Waals surface area contributed by atoms with Gasteiger partial charge < -0.3 is 15.4 Å². The van der Waals surface area contributed by atoms with Gasteiger partial charge in [0.15, 0.2) is 11.0 Å². The Balaban J connectivity index is 1.54. The molecule has 2 N–H and O–H groups in total. The summed E-state index contributed by atoms with van der Waals surface area (Å²) in [5.41, 5.74) is 1.89. The first-order valence-electron chi connectivity index (χ1n) is 12.1. The third-order valence-corrected chi connectivity index (χ3v) is 7.04. The summed E-state index contributed by atoms with van der Waals surface area (Å²) >= 11 is 1.02. The van der Waals surface area contributed by atoms with Gasteiger partial charge in [0.25, 0.3) is 5.91 Å². The van der Waals surface area contributed by atoms with Crippen molar-refractivity contribution in [2.24, 2.45) is 0 Å². The van der Waals surface area contributed by atoms with E-state index >= 15 is 0 Å². The van der Waals surface area contributed by atoms with E-state index in [2.05, 4.69) is 20.8 Å². The molecule has 0 spiro atoms. The second-order valence-electron chi connectivity index (χ2n) is 8.74. The molecule has 0 aliphatic carbocycles. The first-order valence-corrected chi connectivity index (χ1v) is 13.1. The van der Waals surface area contributed by atoms with Crippen molar-refractivity contribution in [2.75, 3.05) is 18.2 Å². The van der Waals surface area contributed by atoms with Crippen molar-refractivity contribution in [1.29, 1.82) is 0 Å². The summed E-state index contributed by atoms with van der Waals surface area (Å²) in [5, 5.41) is 14.0. The average molecular weight is 570 g/mol. The molecule has 4 aromatic rings. The minimum absolute atomic E-state index is 0.0386. The van der Waals surface area contributed by atoms with Crippen LogP contribution in [0.4, 0.5) is 18.9 Å². The molecule has 0 atom stereocenters. The number of methoxy groups -OCH3 is 1. The maximum atomic E-state index is 13.3. The Morgan fingerprint density at radius 1 is 0.975 bits per heavy atom. The number of halogens is 3. The van der Waals surface area contributed by atoms with E-state index in [9.17, 15) is 22.8 Å². The number of aryl methyl sites for hydroxylation is 1. The predicted octanol–water partition coefficient (Wildman–Crippen LogP) is 5.57. The number of rotatable bonds is 9. The van der Waals surface area contributed by atoms with Gasteiger partial charge in [0.1, 0.15) is 5.75 Å². The Bertz CT molecular complexity index is 1520. The van der Waals surface area contributed by atoms with Crippen molar-refractivity contribution in [1.82, 2.24) is 20.1 Å². The number of anilines is 1. The normalized spacial score (nSPS) is 11.2. The number of nitrogens with zero attached hydrogens (tertiary/aromatic N) is 3. The molecule has 0 aliphatic heterocycles. The number of alkyl halides is 3. The fourth-order valence-electron chi connectivity index (χ4n) is 3.89. The van der Waals surface area contributed by atoms with Crippen LogP contribution in [-0.4, -0.2) is 39.4 Å². The molecule has 12 heteroatoms. The van der Waals surface area contributed by atoms with Crippen LogP contribution in [0.2, 0.25) is 0 Å². The summed E-state index contributed by atoms with van der Waals surface area (Å²) in [5.74, 6) is -0.130.